The van der Waals surface area contributed by atoms with Crippen molar-refractivity contribution in [2.24, 2.45) is 0 Å². The number of nitro groups is 1. The molecule has 0 saturated carbocycles. The van der Waals surface area contributed by atoms with E-state index in [1.807, 2.05) is 6.07 Å². The molecule has 6 nitrogen and oxygen atoms in total. The highest BCUT2D eigenvalue weighted by molar-refractivity contribution is 7.91. The van der Waals surface area contributed by atoms with Crippen LogP contribution in [-0.2, 0) is 16.4 Å². The summed E-state index contributed by atoms with van der Waals surface area (Å²) in [6, 6.07) is 6.39. The molecule has 7 heteroatoms. The Morgan fingerprint density at radius 1 is 1.32 bits per heavy atom. The summed E-state index contributed by atoms with van der Waals surface area (Å²) >= 11 is 0. The van der Waals surface area contributed by atoms with Crippen molar-refractivity contribution in [3.63, 3.8) is 0 Å². The summed E-state index contributed by atoms with van der Waals surface area (Å²) in [6.07, 6.45) is 1.75. The molecular weight excluding hydrogens is 268 g/mol. The van der Waals surface area contributed by atoms with Crippen LogP contribution in [0.3, 0.4) is 0 Å². The molecule has 0 aliphatic rings. The molecule has 0 fully saturated rings. The van der Waals surface area contributed by atoms with Gasteiger partial charge in [-0.05, 0) is 12.1 Å². The van der Waals surface area contributed by atoms with Crippen molar-refractivity contribution in [2.75, 3.05) is 11.5 Å². The standard InChI is InChI=1S/C12H14N2O4S/c1-2-19(17,18)8-7-13-6-5-10-3-4-11(14(15)16)9-12(10)13/h3-6,9H,2,7-8H2,1H3. The number of non-ortho nitro benzene ring substituents is 1. The fourth-order valence-corrected chi connectivity index (χ4v) is 2.63. The lowest BCUT2D eigenvalue weighted by Crippen LogP contribution is -2.14. The number of hydrogen-bond acceptors (Lipinski definition) is 4. The maximum Gasteiger partial charge on any atom is 0.271 e. The van der Waals surface area contributed by atoms with Crippen LogP contribution in [-0.4, -0.2) is 29.4 Å². The molecule has 1 aromatic heterocycles. The molecule has 0 aliphatic heterocycles. The first-order chi connectivity index (χ1) is 8.93. The van der Waals surface area contributed by atoms with E-state index in [0.717, 1.165) is 5.39 Å². The Hall–Kier alpha value is -1.89. The Kier molecular flexibility index (Phi) is 3.57. The van der Waals surface area contributed by atoms with Crippen molar-refractivity contribution < 1.29 is 13.3 Å². The van der Waals surface area contributed by atoms with Crippen LogP contribution in [0.15, 0.2) is 30.5 Å². The van der Waals surface area contributed by atoms with Gasteiger partial charge in [0.05, 0.1) is 16.2 Å². The van der Waals surface area contributed by atoms with Crippen molar-refractivity contribution >= 4 is 26.4 Å². The summed E-state index contributed by atoms with van der Waals surface area (Å²) in [5, 5.41) is 11.6. The molecular formula is C12H14N2O4S. The van der Waals surface area contributed by atoms with Gasteiger partial charge in [0.2, 0.25) is 0 Å². The average molecular weight is 282 g/mol. The van der Waals surface area contributed by atoms with Gasteiger partial charge >= 0.3 is 0 Å². The summed E-state index contributed by atoms with van der Waals surface area (Å²) in [7, 11) is -3.05. The molecule has 0 unspecified atom stereocenters. The smallest absolute Gasteiger partial charge is 0.271 e. The van der Waals surface area contributed by atoms with Crippen LogP contribution < -0.4 is 0 Å². The minimum absolute atomic E-state index is 0.00537. The molecule has 0 amide bonds. The molecule has 0 spiro atoms. The van der Waals surface area contributed by atoms with E-state index < -0.39 is 14.8 Å². The number of aryl methyl sites for hydroxylation is 1. The zero-order valence-electron chi connectivity index (χ0n) is 10.4. The van der Waals surface area contributed by atoms with E-state index in [9.17, 15) is 18.5 Å². The number of hydrogen-bond donors (Lipinski definition) is 0. The Labute approximate surface area is 110 Å². The van der Waals surface area contributed by atoms with E-state index in [-0.39, 0.29) is 17.2 Å². The fourth-order valence-electron chi connectivity index (χ4n) is 1.86. The summed E-state index contributed by atoms with van der Waals surface area (Å²) in [4.78, 5) is 10.3. The summed E-state index contributed by atoms with van der Waals surface area (Å²) in [6.45, 7) is 1.91. The SMILES string of the molecule is CCS(=O)(=O)CCn1ccc2ccc([N+](=O)[O-])cc21. The largest absolute Gasteiger partial charge is 0.346 e. The van der Waals surface area contributed by atoms with Gasteiger partial charge in [-0.25, -0.2) is 8.42 Å². The van der Waals surface area contributed by atoms with Gasteiger partial charge in [0.1, 0.15) is 0 Å². The van der Waals surface area contributed by atoms with Crippen LogP contribution in [0.2, 0.25) is 0 Å². The number of benzene rings is 1. The second kappa shape index (κ2) is 5.00. The van der Waals surface area contributed by atoms with Crippen molar-refractivity contribution in [1.29, 1.82) is 0 Å². The van der Waals surface area contributed by atoms with E-state index >= 15 is 0 Å². The van der Waals surface area contributed by atoms with Gasteiger partial charge in [0, 0.05) is 36.0 Å². The lowest BCUT2D eigenvalue weighted by atomic mass is 10.2. The monoisotopic (exact) mass is 282 g/mol. The molecule has 1 aromatic carbocycles. The first-order valence-corrected chi connectivity index (χ1v) is 7.69. The second-order valence-corrected chi connectivity index (χ2v) is 6.72. The molecule has 0 atom stereocenters. The topological polar surface area (TPSA) is 82.2 Å². The van der Waals surface area contributed by atoms with Crippen molar-refractivity contribution in [3.8, 4) is 0 Å². The minimum atomic E-state index is -3.05. The van der Waals surface area contributed by atoms with Crippen LogP contribution >= 0.6 is 0 Å². The van der Waals surface area contributed by atoms with Gasteiger partial charge in [0.25, 0.3) is 5.69 Å². The zero-order valence-corrected chi connectivity index (χ0v) is 11.3. The van der Waals surface area contributed by atoms with Gasteiger partial charge in [-0.2, -0.15) is 0 Å². The predicted molar refractivity (Wildman–Crippen MR) is 72.9 cm³/mol. The summed E-state index contributed by atoms with van der Waals surface area (Å²) < 4.78 is 24.7. The van der Waals surface area contributed by atoms with Crippen LogP contribution in [0.4, 0.5) is 5.69 Å². The lowest BCUT2D eigenvalue weighted by molar-refractivity contribution is -0.384. The molecule has 0 saturated heterocycles. The number of nitrogens with zero attached hydrogens (tertiary/aromatic N) is 2. The van der Waals surface area contributed by atoms with E-state index in [4.69, 9.17) is 0 Å². The number of sulfone groups is 1. The number of nitro benzene ring substituents is 1. The third kappa shape index (κ3) is 2.93. The van der Waals surface area contributed by atoms with Crippen molar-refractivity contribution in [2.45, 2.75) is 13.5 Å². The summed E-state index contributed by atoms with van der Waals surface area (Å²) in [5.41, 5.74) is 0.686. The Morgan fingerprint density at radius 2 is 2.05 bits per heavy atom. The number of rotatable bonds is 5. The van der Waals surface area contributed by atoms with E-state index in [1.54, 1.807) is 23.8 Å². The molecule has 0 N–H and O–H groups in total. The molecule has 19 heavy (non-hydrogen) atoms. The minimum Gasteiger partial charge on any atom is -0.346 e. The average Bonchev–Trinajstić information content (AvgIpc) is 2.78. The zero-order chi connectivity index (χ0) is 14.0. The molecule has 2 aromatic rings. The third-order valence-corrected chi connectivity index (χ3v) is 4.74. The first kappa shape index (κ1) is 13.5. The lowest BCUT2D eigenvalue weighted by Gasteiger charge is -2.05. The Balaban J connectivity index is 2.33. The molecule has 0 radical (unpaired) electrons. The van der Waals surface area contributed by atoms with Gasteiger partial charge < -0.3 is 4.57 Å². The van der Waals surface area contributed by atoms with Crippen molar-refractivity contribution in [1.82, 2.24) is 4.57 Å². The second-order valence-electron chi connectivity index (χ2n) is 4.25. The first-order valence-electron chi connectivity index (χ1n) is 5.86. The molecule has 102 valence electrons. The number of fused-ring (bicyclic) bond motifs is 1. The fraction of sp³-hybridized carbons (Fsp3) is 0.333. The number of aromatic nitrogens is 1. The highest BCUT2D eigenvalue weighted by Gasteiger charge is 2.11. The Morgan fingerprint density at radius 3 is 2.68 bits per heavy atom. The third-order valence-electron chi connectivity index (χ3n) is 3.05. The Bertz CT molecular complexity index is 718. The molecule has 0 aliphatic carbocycles. The predicted octanol–water partition coefficient (Wildman–Crippen LogP) is 1.98. The highest BCUT2D eigenvalue weighted by atomic mass is 32.2. The molecule has 1 heterocycles. The maximum absolute atomic E-state index is 11.5. The van der Waals surface area contributed by atoms with Crippen molar-refractivity contribution in [3.05, 3.63) is 40.6 Å². The molecule has 0 bridgehead atoms. The van der Waals surface area contributed by atoms with E-state index in [0.29, 0.717) is 12.1 Å². The van der Waals surface area contributed by atoms with E-state index in [1.165, 1.54) is 12.1 Å². The van der Waals surface area contributed by atoms with Crippen LogP contribution in [0, 0.1) is 10.1 Å². The normalized spacial score (nSPS) is 11.8. The van der Waals surface area contributed by atoms with Gasteiger partial charge in [-0.1, -0.05) is 6.92 Å². The van der Waals surface area contributed by atoms with Crippen LogP contribution in [0.25, 0.3) is 10.9 Å². The van der Waals surface area contributed by atoms with Gasteiger partial charge in [-0.15, -0.1) is 0 Å². The summed E-state index contributed by atoms with van der Waals surface area (Å²) in [5.74, 6) is 0.141. The van der Waals surface area contributed by atoms with E-state index in [2.05, 4.69) is 0 Å². The van der Waals surface area contributed by atoms with Crippen LogP contribution in [0.1, 0.15) is 6.92 Å². The quantitative estimate of drug-likeness (QED) is 0.620. The maximum atomic E-state index is 11.5. The molecule has 2 rings (SSSR count). The van der Waals surface area contributed by atoms with Crippen LogP contribution in [0.5, 0.6) is 0 Å². The van der Waals surface area contributed by atoms with Gasteiger partial charge in [-0.3, -0.25) is 10.1 Å². The highest BCUT2D eigenvalue weighted by Crippen LogP contribution is 2.22. The van der Waals surface area contributed by atoms with Gasteiger partial charge in [0.15, 0.2) is 9.84 Å².